The lowest BCUT2D eigenvalue weighted by Crippen LogP contribution is -2.32. The van der Waals surface area contributed by atoms with Crippen LogP contribution in [0, 0.1) is 22.7 Å². The van der Waals surface area contributed by atoms with E-state index in [1.807, 2.05) is 18.2 Å². The van der Waals surface area contributed by atoms with Gasteiger partial charge in [0.2, 0.25) is 0 Å². The van der Waals surface area contributed by atoms with Crippen LogP contribution in [0.2, 0.25) is 0 Å². The third-order valence-corrected chi connectivity index (χ3v) is 7.35. The first-order valence-corrected chi connectivity index (χ1v) is 11.5. The molecule has 6 heteroatoms. The zero-order valence-corrected chi connectivity index (χ0v) is 19.1. The molecule has 2 heterocycles. The van der Waals surface area contributed by atoms with Gasteiger partial charge in [-0.1, -0.05) is 32.9 Å². The normalized spacial score (nSPS) is 17.1. The molecule has 4 rings (SSSR count). The number of fused-ring (bicyclic) bond motifs is 2. The predicted octanol–water partition coefficient (Wildman–Crippen LogP) is 4.75. The number of nitrogens with zero attached hydrogens (tertiary/aromatic N) is 2. The van der Waals surface area contributed by atoms with Gasteiger partial charge in [-0.2, -0.15) is 5.26 Å². The van der Waals surface area contributed by atoms with Crippen LogP contribution in [-0.2, 0) is 12.8 Å². The summed E-state index contributed by atoms with van der Waals surface area (Å²) in [5, 5.41) is 13.0. The van der Waals surface area contributed by atoms with Crippen molar-refractivity contribution in [2.45, 2.75) is 46.1 Å². The Labute approximate surface area is 187 Å². The number of nitrogens with one attached hydrogen (secondary N) is 1. The maximum absolute atomic E-state index is 12.9. The SMILES string of the molecule is CC(C)(C)C1CCc2nc3sc(C(=O)N[C@H](CN)c4ccc(C#N)cc4)cc3cc2C1. The molecule has 0 fully saturated rings. The molecule has 2 aromatic heterocycles. The molecule has 0 bridgehead atoms. The Morgan fingerprint density at radius 3 is 2.71 bits per heavy atom. The number of benzene rings is 1. The maximum atomic E-state index is 12.9. The van der Waals surface area contributed by atoms with E-state index in [0.717, 1.165) is 35.0 Å². The molecule has 1 aliphatic carbocycles. The first-order valence-electron chi connectivity index (χ1n) is 10.7. The molecule has 2 atom stereocenters. The molecular weight excluding hydrogens is 404 g/mol. The molecule has 1 unspecified atom stereocenters. The van der Waals surface area contributed by atoms with Gasteiger partial charge in [0.05, 0.1) is 22.6 Å². The first kappa shape index (κ1) is 21.5. The van der Waals surface area contributed by atoms with E-state index in [9.17, 15) is 4.79 Å². The number of carbonyl (C=O) groups excluding carboxylic acids is 1. The van der Waals surface area contributed by atoms with Gasteiger partial charge in [-0.15, -0.1) is 11.3 Å². The van der Waals surface area contributed by atoms with Gasteiger partial charge in [0.15, 0.2) is 0 Å². The van der Waals surface area contributed by atoms with Crippen molar-refractivity contribution < 1.29 is 4.79 Å². The number of pyridine rings is 1. The minimum Gasteiger partial charge on any atom is -0.343 e. The molecule has 160 valence electrons. The lowest BCUT2D eigenvalue weighted by atomic mass is 9.71. The van der Waals surface area contributed by atoms with Crippen molar-refractivity contribution in [3.63, 3.8) is 0 Å². The minimum absolute atomic E-state index is 0.145. The van der Waals surface area contributed by atoms with E-state index in [4.69, 9.17) is 16.0 Å². The van der Waals surface area contributed by atoms with Crippen LogP contribution in [0.1, 0.15) is 65.3 Å². The van der Waals surface area contributed by atoms with Gasteiger partial charge in [0.1, 0.15) is 4.83 Å². The standard InChI is InChI=1S/C25H28N4OS/c1-25(2,3)19-8-9-20-17(11-19)10-18-12-22(31-24(18)29-20)23(30)28-21(14-27)16-6-4-15(13-26)5-7-16/h4-7,10,12,19,21H,8-9,11,14,27H2,1-3H3,(H,28,30)/t19?,21-/m1/s1. The van der Waals surface area contributed by atoms with Gasteiger partial charge >= 0.3 is 0 Å². The van der Waals surface area contributed by atoms with Crippen LogP contribution < -0.4 is 11.1 Å². The van der Waals surface area contributed by atoms with Crippen LogP contribution in [0.15, 0.2) is 36.4 Å². The summed E-state index contributed by atoms with van der Waals surface area (Å²) in [6, 6.07) is 13.1. The van der Waals surface area contributed by atoms with Gasteiger partial charge in [-0.05, 0) is 66.0 Å². The molecular formula is C25H28N4OS. The number of nitriles is 1. The topological polar surface area (TPSA) is 91.8 Å². The van der Waals surface area contributed by atoms with Gasteiger partial charge in [0.25, 0.3) is 5.91 Å². The summed E-state index contributed by atoms with van der Waals surface area (Å²) in [5.41, 5.74) is 10.2. The Kier molecular flexibility index (Phi) is 5.83. The van der Waals surface area contributed by atoms with Crippen molar-refractivity contribution in [3.8, 4) is 6.07 Å². The summed E-state index contributed by atoms with van der Waals surface area (Å²) in [6.45, 7) is 7.21. The quantitative estimate of drug-likeness (QED) is 0.622. The highest BCUT2D eigenvalue weighted by molar-refractivity contribution is 7.20. The molecule has 5 nitrogen and oxygen atoms in total. The van der Waals surface area contributed by atoms with Crippen molar-refractivity contribution in [1.82, 2.24) is 10.3 Å². The Morgan fingerprint density at radius 1 is 1.32 bits per heavy atom. The second kappa shape index (κ2) is 8.41. The van der Waals surface area contributed by atoms with Crippen LogP contribution in [0.4, 0.5) is 0 Å². The third kappa shape index (κ3) is 4.48. The van der Waals surface area contributed by atoms with Crippen LogP contribution in [-0.4, -0.2) is 17.4 Å². The summed E-state index contributed by atoms with van der Waals surface area (Å²) in [4.78, 5) is 19.4. The highest BCUT2D eigenvalue weighted by Crippen LogP contribution is 2.38. The number of hydrogen-bond donors (Lipinski definition) is 2. The van der Waals surface area contributed by atoms with Crippen molar-refractivity contribution in [3.05, 3.63) is 63.7 Å². The highest BCUT2D eigenvalue weighted by Gasteiger charge is 2.29. The van der Waals surface area contributed by atoms with Crippen molar-refractivity contribution >= 4 is 27.5 Å². The van der Waals surface area contributed by atoms with Gasteiger partial charge in [0, 0.05) is 17.6 Å². The molecule has 0 saturated carbocycles. The smallest absolute Gasteiger partial charge is 0.261 e. The Hall–Kier alpha value is -2.75. The van der Waals surface area contributed by atoms with Crippen molar-refractivity contribution in [2.75, 3.05) is 6.54 Å². The molecule has 1 aromatic carbocycles. The second-order valence-corrected chi connectivity index (χ2v) is 10.4. The monoisotopic (exact) mass is 432 g/mol. The fourth-order valence-electron chi connectivity index (χ4n) is 4.27. The number of carbonyl (C=O) groups is 1. The lowest BCUT2D eigenvalue weighted by Gasteiger charge is -2.34. The number of aromatic nitrogens is 1. The molecule has 1 amide bonds. The van der Waals surface area contributed by atoms with Crippen molar-refractivity contribution in [2.24, 2.45) is 17.1 Å². The predicted molar refractivity (Wildman–Crippen MR) is 125 cm³/mol. The van der Waals surface area contributed by atoms with E-state index >= 15 is 0 Å². The van der Waals surface area contributed by atoms with E-state index in [1.54, 1.807) is 12.1 Å². The summed E-state index contributed by atoms with van der Waals surface area (Å²) in [7, 11) is 0. The summed E-state index contributed by atoms with van der Waals surface area (Å²) < 4.78 is 0. The third-order valence-electron chi connectivity index (χ3n) is 6.30. The molecule has 0 aliphatic heterocycles. The highest BCUT2D eigenvalue weighted by atomic mass is 32.1. The summed E-state index contributed by atoms with van der Waals surface area (Å²) >= 11 is 1.43. The van der Waals surface area contributed by atoms with E-state index in [1.165, 1.54) is 22.6 Å². The van der Waals surface area contributed by atoms with Crippen LogP contribution in [0.3, 0.4) is 0 Å². The molecule has 1 aliphatic rings. The molecule has 3 aromatic rings. The number of thiophene rings is 1. The van der Waals surface area contributed by atoms with E-state index in [-0.39, 0.29) is 23.9 Å². The van der Waals surface area contributed by atoms with Crippen LogP contribution in [0.25, 0.3) is 10.2 Å². The summed E-state index contributed by atoms with van der Waals surface area (Å²) in [5.74, 6) is 0.506. The zero-order valence-electron chi connectivity index (χ0n) is 18.2. The number of rotatable bonds is 4. The van der Waals surface area contributed by atoms with Crippen molar-refractivity contribution in [1.29, 1.82) is 5.26 Å². The van der Waals surface area contributed by atoms with E-state index in [0.29, 0.717) is 16.4 Å². The van der Waals surface area contributed by atoms with E-state index in [2.05, 4.69) is 38.2 Å². The maximum Gasteiger partial charge on any atom is 0.261 e. The van der Waals surface area contributed by atoms with Gasteiger partial charge < -0.3 is 11.1 Å². The number of amides is 1. The molecule has 0 spiro atoms. The second-order valence-electron chi connectivity index (χ2n) is 9.40. The Morgan fingerprint density at radius 2 is 2.06 bits per heavy atom. The lowest BCUT2D eigenvalue weighted by molar-refractivity contribution is 0.0942. The largest absolute Gasteiger partial charge is 0.343 e. The molecule has 31 heavy (non-hydrogen) atoms. The number of hydrogen-bond acceptors (Lipinski definition) is 5. The zero-order chi connectivity index (χ0) is 22.2. The fraction of sp³-hybridized carbons (Fsp3) is 0.400. The Bertz CT molecular complexity index is 1150. The average Bonchev–Trinajstić information content (AvgIpc) is 3.17. The molecule has 3 N–H and O–H groups in total. The van der Waals surface area contributed by atoms with Crippen LogP contribution >= 0.6 is 11.3 Å². The fourth-order valence-corrected chi connectivity index (χ4v) is 5.21. The average molecular weight is 433 g/mol. The van der Waals surface area contributed by atoms with Gasteiger partial charge in [-0.3, -0.25) is 4.79 Å². The molecule has 0 radical (unpaired) electrons. The summed E-state index contributed by atoms with van der Waals surface area (Å²) in [6.07, 6.45) is 3.21. The van der Waals surface area contributed by atoms with Crippen LogP contribution in [0.5, 0.6) is 0 Å². The molecule has 0 saturated heterocycles. The number of nitrogens with two attached hydrogens (primary N) is 1. The van der Waals surface area contributed by atoms with Gasteiger partial charge in [-0.25, -0.2) is 4.98 Å². The Balaban J connectivity index is 1.55. The minimum atomic E-state index is -0.306. The van der Waals surface area contributed by atoms with E-state index < -0.39 is 0 Å². The number of aryl methyl sites for hydroxylation is 1. The first-order chi connectivity index (χ1) is 14.8.